The number of carbonyl (C=O) groups excluding carboxylic acids is 1. The summed E-state index contributed by atoms with van der Waals surface area (Å²) in [6.07, 6.45) is 0. The van der Waals surface area contributed by atoms with Crippen LogP contribution in [-0.2, 0) is 4.74 Å². The van der Waals surface area contributed by atoms with Crippen molar-refractivity contribution in [3.05, 3.63) is 47.3 Å². The summed E-state index contributed by atoms with van der Waals surface area (Å²) in [5.41, 5.74) is 1.86. The van der Waals surface area contributed by atoms with E-state index >= 15 is 0 Å². The molecule has 1 fully saturated rings. The van der Waals surface area contributed by atoms with Crippen molar-refractivity contribution >= 4 is 17.2 Å². The van der Waals surface area contributed by atoms with Crippen LogP contribution in [0.3, 0.4) is 0 Å². The summed E-state index contributed by atoms with van der Waals surface area (Å²) >= 11 is 1.69. The maximum atomic E-state index is 12.4. The third-order valence-electron chi connectivity index (χ3n) is 3.21. The highest BCUT2D eigenvalue weighted by atomic mass is 32.1. The molecule has 0 unspecified atom stereocenters. The minimum atomic E-state index is 0.0988. The zero-order chi connectivity index (χ0) is 13.1. The zero-order valence-corrected chi connectivity index (χ0v) is 11.4. The molecule has 0 aliphatic carbocycles. The van der Waals surface area contributed by atoms with Gasteiger partial charge in [0.25, 0.3) is 5.91 Å². The predicted molar refractivity (Wildman–Crippen MR) is 76.5 cm³/mol. The van der Waals surface area contributed by atoms with Crippen LogP contribution in [0.5, 0.6) is 0 Å². The molecule has 98 valence electrons. The molecule has 1 aliphatic heterocycles. The summed E-state index contributed by atoms with van der Waals surface area (Å²) in [6, 6.07) is 11.9. The van der Waals surface area contributed by atoms with E-state index in [0.29, 0.717) is 26.3 Å². The molecular formula is C15H15NO2S. The number of amides is 1. The van der Waals surface area contributed by atoms with Gasteiger partial charge >= 0.3 is 0 Å². The lowest BCUT2D eigenvalue weighted by molar-refractivity contribution is 0.0303. The van der Waals surface area contributed by atoms with Crippen LogP contribution in [0.15, 0.2) is 41.8 Å². The van der Waals surface area contributed by atoms with Crippen molar-refractivity contribution in [2.45, 2.75) is 0 Å². The molecule has 0 N–H and O–H groups in total. The van der Waals surface area contributed by atoms with E-state index in [1.807, 2.05) is 40.6 Å². The molecule has 0 radical (unpaired) electrons. The predicted octanol–water partition coefficient (Wildman–Crippen LogP) is 2.89. The molecule has 0 bridgehead atoms. The summed E-state index contributed by atoms with van der Waals surface area (Å²) in [5, 5.41) is 2.05. The molecule has 2 heterocycles. The zero-order valence-electron chi connectivity index (χ0n) is 10.5. The fraction of sp³-hybridized carbons (Fsp3) is 0.267. The number of benzene rings is 1. The number of nitrogens with zero attached hydrogens (tertiary/aromatic N) is 1. The molecule has 19 heavy (non-hydrogen) atoms. The van der Waals surface area contributed by atoms with Crippen LogP contribution < -0.4 is 0 Å². The largest absolute Gasteiger partial charge is 0.378 e. The number of rotatable bonds is 2. The van der Waals surface area contributed by atoms with Crippen LogP contribution in [-0.4, -0.2) is 37.1 Å². The third kappa shape index (κ3) is 2.69. The fourth-order valence-corrected chi connectivity index (χ4v) is 2.92. The van der Waals surface area contributed by atoms with Crippen molar-refractivity contribution < 1.29 is 9.53 Å². The Bertz CT molecular complexity index is 559. The Morgan fingerprint density at radius 3 is 2.74 bits per heavy atom. The van der Waals surface area contributed by atoms with Crippen LogP contribution in [0.1, 0.15) is 10.4 Å². The van der Waals surface area contributed by atoms with Gasteiger partial charge in [0.1, 0.15) is 0 Å². The lowest BCUT2D eigenvalue weighted by atomic mass is 10.1. The van der Waals surface area contributed by atoms with Crippen LogP contribution in [0, 0.1) is 0 Å². The van der Waals surface area contributed by atoms with Gasteiger partial charge in [-0.2, -0.15) is 0 Å². The molecule has 3 nitrogen and oxygen atoms in total. The Balaban J connectivity index is 1.84. The molecule has 1 amide bonds. The second-order valence-electron chi connectivity index (χ2n) is 4.46. The Morgan fingerprint density at radius 1 is 1.16 bits per heavy atom. The average molecular weight is 273 g/mol. The lowest BCUT2D eigenvalue weighted by Crippen LogP contribution is -2.40. The molecule has 0 spiro atoms. The summed E-state index contributed by atoms with van der Waals surface area (Å²) in [6.45, 7) is 2.64. The first-order valence-electron chi connectivity index (χ1n) is 6.35. The first kappa shape index (κ1) is 12.4. The first-order valence-corrected chi connectivity index (χ1v) is 7.23. The second kappa shape index (κ2) is 5.55. The van der Waals surface area contributed by atoms with Gasteiger partial charge in [0.15, 0.2) is 0 Å². The molecule has 1 saturated heterocycles. The summed E-state index contributed by atoms with van der Waals surface area (Å²) in [5.74, 6) is 0.0988. The number of carbonyl (C=O) groups is 1. The van der Waals surface area contributed by atoms with E-state index in [4.69, 9.17) is 4.74 Å². The third-order valence-corrected chi connectivity index (χ3v) is 4.13. The van der Waals surface area contributed by atoms with Crippen LogP contribution >= 0.6 is 11.3 Å². The smallest absolute Gasteiger partial charge is 0.254 e. The molecule has 0 atom stereocenters. The quantitative estimate of drug-likeness (QED) is 0.842. The van der Waals surface area contributed by atoms with Gasteiger partial charge in [0, 0.05) is 23.5 Å². The van der Waals surface area contributed by atoms with E-state index in [2.05, 4.69) is 6.07 Å². The number of morpholine rings is 1. The number of hydrogen-bond donors (Lipinski definition) is 0. The minimum absolute atomic E-state index is 0.0988. The highest BCUT2D eigenvalue weighted by Crippen LogP contribution is 2.25. The number of ether oxygens (including phenoxy) is 1. The molecule has 1 aliphatic rings. The Morgan fingerprint density at radius 2 is 2.00 bits per heavy atom. The lowest BCUT2D eigenvalue weighted by Gasteiger charge is -2.27. The summed E-state index contributed by atoms with van der Waals surface area (Å²) in [7, 11) is 0. The van der Waals surface area contributed by atoms with E-state index in [9.17, 15) is 4.79 Å². The molecule has 2 aromatic rings. The van der Waals surface area contributed by atoms with Gasteiger partial charge in [-0.15, -0.1) is 11.3 Å². The van der Waals surface area contributed by atoms with Crippen molar-refractivity contribution in [1.82, 2.24) is 4.90 Å². The van der Waals surface area contributed by atoms with Gasteiger partial charge < -0.3 is 9.64 Å². The average Bonchev–Trinajstić information content (AvgIpc) is 3.02. The van der Waals surface area contributed by atoms with Crippen molar-refractivity contribution in [3.8, 4) is 10.4 Å². The van der Waals surface area contributed by atoms with E-state index in [1.165, 1.54) is 4.88 Å². The molecule has 3 rings (SSSR count). The monoisotopic (exact) mass is 273 g/mol. The molecule has 1 aromatic heterocycles. The Labute approximate surface area is 116 Å². The normalized spacial score (nSPS) is 15.5. The van der Waals surface area contributed by atoms with Gasteiger partial charge in [-0.25, -0.2) is 0 Å². The maximum Gasteiger partial charge on any atom is 0.254 e. The maximum absolute atomic E-state index is 12.4. The van der Waals surface area contributed by atoms with Crippen molar-refractivity contribution in [3.63, 3.8) is 0 Å². The molecule has 4 heteroatoms. The Hall–Kier alpha value is -1.65. The van der Waals surface area contributed by atoms with Crippen molar-refractivity contribution in [1.29, 1.82) is 0 Å². The van der Waals surface area contributed by atoms with Crippen LogP contribution in [0.2, 0.25) is 0 Å². The van der Waals surface area contributed by atoms with E-state index in [-0.39, 0.29) is 5.91 Å². The molecule has 0 saturated carbocycles. The van der Waals surface area contributed by atoms with E-state index in [0.717, 1.165) is 11.1 Å². The standard InChI is InChI=1S/C15H15NO2S/c17-15(16-6-8-18-9-7-16)13-4-1-3-12(11-13)14-5-2-10-19-14/h1-5,10-11H,6-9H2. The first-order chi connectivity index (χ1) is 9.34. The number of thiophene rings is 1. The summed E-state index contributed by atoms with van der Waals surface area (Å²) in [4.78, 5) is 15.4. The molecular weight excluding hydrogens is 258 g/mol. The SMILES string of the molecule is O=C(c1cccc(-c2cccs2)c1)N1CCOCC1. The fourth-order valence-electron chi connectivity index (χ4n) is 2.20. The van der Waals surface area contributed by atoms with Gasteiger partial charge in [-0.05, 0) is 29.1 Å². The molecule has 1 aromatic carbocycles. The minimum Gasteiger partial charge on any atom is -0.378 e. The van der Waals surface area contributed by atoms with Crippen LogP contribution in [0.25, 0.3) is 10.4 Å². The highest BCUT2D eigenvalue weighted by Gasteiger charge is 2.18. The summed E-state index contributed by atoms with van der Waals surface area (Å²) < 4.78 is 5.28. The van der Waals surface area contributed by atoms with Crippen molar-refractivity contribution in [2.24, 2.45) is 0 Å². The topological polar surface area (TPSA) is 29.5 Å². The van der Waals surface area contributed by atoms with Gasteiger partial charge in [-0.3, -0.25) is 4.79 Å². The van der Waals surface area contributed by atoms with E-state index < -0.39 is 0 Å². The number of hydrogen-bond acceptors (Lipinski definition) is 3. The van der Waals surface area contributed by atoms with E-state index in [1.54, 1.807) is 11.3 Å². The van der Waals surface area contributed by atoms with Gasteiger partial charge in [0.2, 0.25) is 0 Å². The highest BCUT2D eigenvalue weighted by molar-refractivity contribution is 7.13. The van der Waals surface area contributed by atoms with Gasteiger partial charge in [0.05, 0.1) is 13.2 Å². The van der Waals surface area contributed by atoms with Crippen LogP contribution in [0.4, 0.5) is 0 Å². The Kier molecular flexibility index (Phi) is 3.62. The van der Waals surface area contributed by atoms with Crippen molar-refractivity contribution in [2.75, 3.05) is 26.3 Å². The second-order valence-corrected chi connectivity index (χ2v) is 5.41. The van der Waals surface area contributed by atoms with Gasteiger partial charge in [-0.1, -0.05) is 18.2 Å².